The van der Waals surface area contributed by atoms with Crippen molar-refractivity contribution >= 4 is 23.7 Å². The molecule has 1 atom stereocenters. The molecule has 0 aromatic heterocycles. The summed E-state index contributed by atoms with van der Waals surface area (Å²) in [5, 5.41) is -0.327. The second kappa shape index (κ2) is 11.6. The fourth-order valence-electron chi connectivity index (χ4n) is 5.06. The van der Waals surface area contributed by atoms with Crippen LogP contribution in [0.5, 0.6) is 0 Å². The topological polar surface area (TPSA) is 99.3 Å². The lowest BCUT2D eigenvalue weighted by Crippen LogP contribution is -2.57. The molecule has 2 fully saturated rings. The Morgan fingerprint density at radius 2 is 1.63 bits per heavy atom. The smallest absolute Gasteiger partial charge is 0.336 e. The number of amides is 3. The van der Waals surface area contributed by atoms with Gasteiger partial charge in [0, 0.05) is 25.6 Å². The van der Waals surface area contributed by atoms with E-state index in [2.05, 4.69) is 4.84 Å². The maximum absolute atomic E-state index is 14.7. The van der Waals surface area contributed by atoms with E-state index >= 15 is 0 Å². The van der Waals surface area contributed by atoms with Gasteiger partial charge in [0.15, 0.2) is 0 Å². The van der Waals surface area contributed by atoms with E-state index in [4.69, 9.17) is 0 Å². The van der Waals surface area contributed by atoms with E-state index in [0.717, 1.165) is 48.8 Å². The Kier molecular flexibility index (Phi) is 8.61. The summed E-state index contributed by atoms with van der Waals surface area (Å²) in [6, 6.07) is 2.56. The summed E-state index contributed by atoms with van der Waals surface area (Å²) in [7, 11) is 0. The fraction of sp³-hybridized carbons (Fsp3) is 0.520. The maximum Gasteiger partial charge on any atom is 0.493 e. The van der Waals surface area contributed by atoms with Gasteiger partial charge in [-0.3, -0.25) is 14.4 Å². The molecule has 9 nitrogen and oxygen atoms in total. The molecule has 0 bridgehead atoms. The van der Waals surface area contributed by atoms with Crippen molar-refractivity contribution in [2.45, 2.75) is 56.4 Å². The summed E-state index contributed by atoms with van der Waals surface area (Å²) in [5.41, 5.74) is -0.573. The normalized spacial score (nSPS) is 20.7. The number of hydroxylamine groups is 1. The SMILES string of the molecule is O=C1NN(OC(=O)C(F)(F)F)C(Cc2ccc(F)c(C(=O)N3CCN(C4CCCC4)C(=O)C3)c2)=CC1C(F)(F)C(F)(F)F. The molecule has 0 spiro atoms. The van der Waals surface area contributed by atoms with Crippen LogP contribution in [0.15, 0.2) is 30.0 Å². The molecule has 43 heavy (non-hydrogen) atoms. The van der Waals surface area contributed by atoms with Crippen molar-refractivity contribution in [2.75, 3.05) is 19.6 Å². The lowest BCUT2D eigenvalue weighted by atomic mass is 9.95. The number of hydrogen-bond acceptors (Lipinski definition) is 6. The van der Waals surface area contributed by atoms with Crippen LogP contribution in [0.1, 0.15) is 41.6 Å². The molecule has 236 valence electrons. The Hall–Kier alpha value is -3.99. The van der Waals surface area contributed by atoms with Gasteiger partial charge in [-0.15, -0.1) is 5.17 Å². The standard InChI is InChI=1S/C25H23F9N4O5/c26-18-6-5-13(10-16(18)21(41)36-7-8-37(19(39)12-36)14-3-1-2-4-14)9-15-11-17(23(27,28)25(32,33)34)20(40)35-38(15)43-22(42)24(29,30)31/h5-6,10-11,14,17H,1-4,7-9,12H2,(H,35,40). The van der Waals surface area contributed by atoms with Gasteiger partial charge in [0.2, 0.25) is 5.91 Å². The van der Waals surface area contributed by atoms with Gasteiger partial charge < -0.3 is 14.6 Å². The Morgan fingerprint density at radius 1 is 0.977 bits per heavy atom. The Labute approximate surface area is 237 Å². The van der Waals surface area contributed by atoms with Crippen LogP contribution in [-0.4, -0.2) is 82.6 Å². The van der Waals surface area contributed by atoms with E-state index in [1.54, 1.807) is 4.90 Å². The second-order valence-electron chi connectivity index (χ2n) is 10.1. The van der Waals surface area contributed by atoms with Crippen molar-refractivity contribution in [1.29, 1.82) is 0 Å². The molecule has 1 saturated carbocycles. The summed E-state index contributed by atoms with van der Waals surface area (Å²) < 4.78 is 120. The third kappa shape index (κ3) is 6.66. The molecular formula is C25H23F9N4O5. The highest BCUT2D eigenvalue weighted by Crippen LogP contribution is 2.43. The molecule has 1 aromatic rings. The quantitative estimate of drug-likeness (QED) is 0.482. The predicted molar refractivity (Wildman–Crippen MR) is 125 cm³/mol. The summed E-state index contributed by atoms with van der Waals surface area (Å²) in [6.45, 7) is -0.125. The molecule has 1 aliphatic carbocycles. The van der Waals surface area contributed by atoms with Gasteiger partial charge in [0.25, 0.3) is 11.8 Å². The van der Waals surface area contributed by atoms with E-state index < -0.39 is 65.5 Å². The number of hydrogen-bond donors (Lipinski definition) is 1. The van der Waals surface area contributed by atoms with E-state index in [0.29, 0.717) is 0 Å². The Balaban J connectivity index is 1.60. The van der Waals surface area contributed by atoms with Crippen LogP contribution in [0.4, 0.5) is 39.5 Å². The average Bonchev–Trinajstić information content (AvgIpc) is 3.44. The number of benzene rings is 1. The van der Waals surface area contributed by atoms with Crippen molar-refractivity contribution in [2.24, 2.45) is 5.92 Å². The highest BCUT2D eigenvalue weighted by atomic mass is 19.4. The predicted octanol–water partition coefficient (Wildman–Crippen LogP) is 3.66. The van der Waals surface area contributed by atoms with Gasteiger partial charge in [-0.2, -0.15) is 35.1 Å². The summed E-state index contributed by atoms with van der Waals surface area (Å²) in [6.07, 6.45) is -9.32. The van der Waals surface area contributed by atoms with Crippen molar-refractivity contribution in [1.82, 2.24) is 20.4 Å². The van der Waals surface area contributed by atoms with E-state index in [1.165, 1.54) is 5.43 Å². The highest BCUT2D eigenvalue weighted by Gasteiger charge is 2.65. The molecule has 1 N–H and O–H groups in total. The third-order valence-electron chi connectivity index (χ3n) is 7.24. The zero-order valence-corrected chi connectivity index (χ0v) is 21.9. The van der Waals surface area contributed by atoms with Crippen LogP contribution in [0.2, 0.25) is 0 Å². The molecule has 2 aliphatic heterocycles. The van der Waals surface area contributed by atoms with Gasteiger partial charge in [-0.1, -0.05) is 18.9 Å². The van der Waals surface area contributed by atoms with Crippen molar-refractivity contribution < 1.29 is 63.5 Å². The van der Waals surface area contributed by atoms with Gasteiger partial charge in [0.1, 0.15) is 18.3 Å². The molecular weight excluding hydrogens is 607 g/mol. The number of piperazine rings is 1. The minimum atomic E-state index is -6.25. The minimum absolute atomic E-state index is 0.0389. The molecule has 1 aromatic carbocycles. The number of carbonyl (C=O) groups excluding carboxylic acids is 4. The molecule has 18 heteroatoms. The summed E-state index contributed by atoms with van der Waals surface area (Å²) >= 11 is 0. The second-order valence-corrected chi connectivity index (χ2v) is 10.1. The molecule has 3 aliphatic rings. The first kappa shape index (κ1) is 31.9. The zero-order chi connectivity index (χ0) is 31.9. The fourth-order valence-corrected chi connectivity index (χ4v) is 5.06. The number of alkyl halides is 8. The summed E-state index contributed by atoms with van der Waals surface area (Å²) in [4.78, 5) is 55.9. The minimum Gasteiger partial charge on any atom is -0.336 e. The first-order valence-electron chi connectivity index (χ1n) is 12.8. The van der Waals surface area contributed by atoms with Crippen molar-refractivity contribution in [3.8, 4) is 0 Å². The lowest BCUT2D eigenvalue weighted by molar-refractivity contribution is -0.296. The van der Waals surface area contributed by atoms with Crippen LogP contribution in [-0.2, 0) is 25.6 Å². The maximum atomic E-state index is 14.7. The largest absolute Gasteiger partial charge is 0.493 e. The van der Waals surface area contributed by atoms with Crippen LogP contribution in [0, 0.1) is 11.7 Å². The first-order valence-corrected chi connectivity index (χ1v) is 12.8. The van der Waals surface area contributed by atoms with E-state index in [1.807, 2.05) is 0 Å². The Bertz CT molecular complexity index is 1320. The molecule has 1 saturated heterocycles. The van der Waals surface area contributed by atoms with Crippen molar-refractivity contribution in [3.63, 3.8) is 0 Å². The average molecular weight is 630 g/mol. The number of allylic oxidation sites excluding steroid dienone is 1. The lowest BCUT2D eigenvalue weighted by Gasteiger charge is -2.38. The van der Waals surface area contributed by atoms with Crippen LogP contribution in [0.25, 0.3) is 0 Å². The molecule has 1 unspecified atom stereocenters. The molecule has 4 rings (SSSR count). The molecule has 0 radical (unpaired) electrons. The number of hydrazine groups is 1. The first-order chi connectivity index (χ1) is 19.9. The monoisotopic (exact) mass is 630 g/mol. The summed E-state index contributed by atoms with van der Waals surface area (Å²) in [5.74, 6) is -16.5. The number of carbonyl (C=O) groups is 4. The number of nitrogens with one attached hydrogen (secondary N) is 1. The Morgan fingerprint density at radius 3 is 2.21 bits per heavy atom. The van der Waals surface area contributed by atoms with Gasteiger partial charge in [-0.25, -0.2) is 14.6 Å². The van der Waals surface area contributed by atoms with E-state index in [9.17, 15) is 58.7 Å². The number of halogens is 9. The number of nitrogens with zero attached hydrogens (tertiary/aromatic N) is 3. The van der Waals surface area contributed by atoms with E-state index in [-0.39, 0.29) is 48.4 Å². The third-order valence-corrected chi connectivity index (χ3v) is 7.24. The van der Waals surface area contributed by atoms with Crippen LogP contribution >= 0.6 is 0 Å². The van der Waals surface area contributed by atoms with Gasteiger partial charge in [-0.05, 0) is 36.6 Å². The molecule has 2 heterocycles. The number of rotatable bonds is 6. The van der Waals surface area contributed by atoms with Crippen molar-refractivity contribution in [3.05, 3.63) is 46.9 Å². The van der Waals surface area contributed by atoms with Gasteiger partial charge >= 0.3 is 24.2 Å². The van der Waals surface area contributed by atoms with Crippen LogP contribution < -0.4 is 5.43 Å². The molecule has 3 amide bonds. The highest BCUT2D eigenvalue weighted by molar-refractivity contribution is 5.97. The zero-order valence-electron chi connectivity index (χ0n) is 21.9. The van der Waals surface area contributed by atoms with Gasteiger partial charge in [0.05, 0.1) is 11.3 Å². The van der Waals surface area contributed by atoms with Crippen LogP contribution in [0.3, 0.4) is 0 Å².